The van der Waals surface area contributed by atoms with Gasteiger partial charge in [-0.15, -0.1) is 0 Å². The van der Waals surface area contributed by atoms with E-state index in [9.17, 15) is 14.7 Å². The maximum absolute atomic E-state index is 12.9. The molecule has 2 bridgehead atoms. The van der Waals surface area contributed by atoms with Crippen molar-refractivity contribution >= 4 is 11.8 Å². The highest BCUT2D eigenvalue weighted by atomic mass is 16.5. The second-order valence-electron chi connectivity index (χ2n) is 7.97. The first kappa shape index (κ1) is 16.9. The molecule has 3 atom stereocenters. The molecule has 23 heavy (non-hydrogen) atoms. The minimum absolute atomic E-state index is 0.101. The minimum Gasteiger partial charge on any atom is -0.390 e. The van der Waals surface area contributed by atoms with Gasteiger partial charge in [-0.2, -0.15) is 0 Å². The van der Waals surface area contributed by atoms with Gasteiger partial charge in [0.15, 0.2) is 0 Å². The first-order valence-electron chi connectivity index (χ1n) is 8.61. The summed E-state index contributed by atoms with van der Waals surface area (Å²) in [7, 11) is 0. The predicted octanol–water partition coefficient (Wildman–Crippen LogP) is 0.491. The number of β-amino-alcohol motifs (C(OH)–C–C–N with tert-alkyl or cyclic N) is 1. The fraction of sp³-hybridized carbons (Fsp3) is 0.882. The predicted molar refractivity (Wildman–Crippen MR) is 84.6 cm³/mol. The highest BCUT2D eigenvalue weighted by Gasteiger charge is 2.64. The van der Waals surface area contributed by atoms with E-state index in [4.69, 9.17) is 4.74 Å². The van der Waals surface area contributed by atoms with Crippen LogP contribution >= 0.6 is 0 Å². The fourth-order valence-electron chi connectivity index (χ4n) is 4.42. The van der Waals surface area contributed by atoms with Crippen LogP contribution in [0.3, 0.4) is 0 Å². The number of aliphatic hydroxyl groups excluding tert-OH is 1. The number of piperidine rings is 1. The van der Waals surface area contributed by atoms with Crippen molar-refractivity contribution in [2.75, 3.05) is 39.4 Å². The van der Waals surface area contributed by atoms with Gasteiger partial charge in [0.1, 0.15) is 0 Å². The van der Waals surface area contributed by atoms with Crippen molar-refractivity contribution in [1.29, 1.82) is 0 Å². The van der Waals surface area contributed by atoms with Crippen LogP contribution in [0.15, 0.2) is 0 Å². The SMILES string of the molecule is CC1(C)[C@@H]2CC[C@]1(C)C(=O)N(C[C@H](O)CN1CCOCC1)C2=O. The molecule has 0 aromatic rings. The first-order chi connectivity index (χ1) is 10.8. The Hall–Kier alpha value is -0.980. The van der Waals surface area contributed by atoms with Gasteiger partial charge in [0.25, 0.3) is 0 Å². The number of imide groups is 1. The number of nitrogens with zero attached hydrogens (tertiary/aromatic N) is 2. The summed E-state index contributed by atoms with van der Waals surface area (Å²) in [5, 5.41) is 10.4. The fourth-order valence-corrected chi connectivity index (χ4v) is 4.42. The van der Waals surface area contributed by atoms with Gasteiger partial charge >= 0.3 is 0 Å². The van der Waals surface area contributed by atoms with E-state index >= 15 is 0 Å². The number of aliphatic hydroxyl groups is 1. The average molecular weight is 324 g/mol. The Kier molecular flexibility index (Phi) is 4.27. The van der Waals surface area contributed by atoms with Crippen LogP contribution in [0.1, 0.15) is 33.6 Å². The lowest BCUT2D eigenvalue weighted by Gasteiger charge is -2.48. The Morgan fingerprint density at radius 1 is 1.22 bits per heavy atom. The number of carbonyl (C=O) groups excluding carboxylic acids is 2. The number of likely N-dealkylation sites (tertiary alicyclic amines) is 1. The maximum atomic E-state index is 12.9. The summed E-state index contributed by atoms with van der Waals surface area (Å²) in [5.74, 6) is -0.320. The summed E-state index contributed by atoms with van der Waals surface area (Å²) < 4.78 is 5.30. The number of morpholine rings is 1. The van der Waals surface area contributed by atoms with Gasteiger partial charge in [-0.05, 0) is 18.3 Å². The zero-order valence-electron chi connectivity index (χ0n) is 14.4. The van der Waals surface area contributed by atoms with Crippen molar-refractivity contribution in [2.24, 2.45) is 16.7 Å². The number of hydrogen-bond donors (Lipinski definition) is 1. The smallest absolute Gasteiger partial charge is 0.235 e. The van der Waals surface area contributed by atoms with E-state index in [0.29, 0.717) is 19.8 Å². The van der Waals surface area contributed by atoms with E-state index < -0.39 is 11.5 Å². The molecule has 0 aromatic heterocycles. The number of ether oxygens (including phenoxy) is 1. The third-order valence-electron chi connectivity index (χ3n) is 6.47. The highest BCUT2D eigenvalue weighted by molar-refractivity contribution is 6.03. The number of amides is 2. The van der Waals surface area contributed by atoms with Crippen LogP contribution in [0.2, 0.25) is 0 Å². The van der Waals surface area contributed by atoms with Gasteiger partial charge in [-0.3, -0.25) is 19.4 Å². The minimum atomic E-state index is -0.704. The van der Waals surface area contributed by atoms with Crippen LogP contribution in [0, 0.1) is 16.7 Å². The van der Waals surface area contributed by atoms with Crippen LogP contribution in [-0.2, 0) is 14.3 Å². The average Bonchev–Trinajstić information content (AvgIpc) is 2.70. The quantitative estimate of drug-likeness (QED) is 0.762. The van der Waals surface area contributed by atoms with Gasteiger partial charge in [0.05, 0.1) is 31.3 Å². The zero-order valence-corrected chi connectivity index (χ0v) is 14.4. The highest BCUT2D eigenvalue weighted by Crippen LogP contribution is 2.59. The molecule has 2 aliphatic heterocycles. The van der Waals surface area contributed by atoms with Gasteiger partial charge < -0.3 is 9.84 Å². The van der Waals surface area contributed by atoms with Crippen LogP contribution in [0.5, 0.6) is 0 Å². The molecule has 6 nitrogen and oxygen atoms in total. The Balaban J connectivity index is 1.68. The molecule has 2 saturated heterocycles. The van der Waals surface area contributed by atoms with Crippen molar-refractivity contribution in [3.8, 4) is 0 Å². The standard InChI is InChI=1S/C17H28N2O4/c1-16(2)13-4-5-17(16,3)15(22)19(14(13)21)11-12(20)10-18-6-8-23-9-7-18/h12-13,20H,4-11H2,1-3H3/t12-,13-,17-/m1/s1. The first-order valence-corrected chi connectivity index (χ1v) is 8.61. The molecule has 130 valence electrons. The van der Waals surface area contributed by atoms with Gasteiger partial charge in [-0.1, -0.05) is 20.8 Å². The van der Waals surface area contributed by atoms with Crippen molar-refractivity contribution in [3.05, 3.63) is 0 Å². The molecule has 3 aliphatic rings. The largest absolute Gasteiger partial charge is 0.390 e. The molecule has 0 aromatic carbocycles. The summed E-state index contributed by atoms with van der Waals surface area (Å²) in [6.07, 6.45) is 0.820. The molecule has 2 heterocycles. The Bertz CT molecular complexity index is 501. The summed E-state index contributed by atoms with van der Waals surface area (Å²) in [5.41, 5.74) is -0.795. The second kappa shape index (κ2) is 5.83. The van der Waals surface area contributed by atoms with E-state index in [2.05, 4.69) is 4.90 Å². The molecule has 6 heteroatoms. The molecular weight excluding hydrogens is 296 g/mol. The second-order valence-corrected chi connectivity index (χ2v) is 7.97. The van der Waals surface area contributed by atoms with E-state index in [1.807, 2.05) is 20.8 Å². The van der Waals surface area contributed by atoms with Crippen LogP contribution in [0.25, 0.3) is 0 Å². The summed E-state index contributed by atoms with van der Waals surface area (Å²) in [6, 6.07) is 0. The van der Waals surface area contributed by atoms with Crippen molar-refractivity contribution < 1.29 is 19.4 Å². The molecule has 0 unspecified atom stereocenters. The molecule has 2 amide bonds. The lowest BCUT2D eigenvalue weighted by molar-refractivity contribution is -0.169. The summed E-state index contributed by atoms with van der Waals surface area (Å²) >= 11 is 0. The Morgan fingerprint density at radius 2 is 1.87 bits per heavy atom. The van der Waals surface area contributed by atoms with Crippen molar-refractivity contribution in [3.63, 3.8) is 0 Å². The van der Waals surface area contributed by atoms with Crippen molar-refractivity contribution in [2.45, 2.75) is 39.7 Å². The summed E-state index contributed by atoms with van der Waals surface area (Å²) in [4.78, 5) is 29.1. The Morgan fingerprint density at radius 3 is 2.52 bits per heavy atom. The molecule has 0 spiro atoms. The monoisotopic (exact) mass is 324 g/mol. The molecule has 1 saturated carbocycles. The molecule has 0 radical (unpaired) electrons. The van der Waals surface area contributed by atoms with Gasteiger partial charge in [0, 0.05) is 25.6 Å². The third kappa shape index (κ3) is 2.61. The van der Waals surface area contributed by atoms with E-state index in [1.165, 1.54) is 4.90 Å². The van der Waals surface area contributed by atoms with Gasteiger partial charge in [0.2, 0.25) is 11.8 Å². The Labute approximate surface area is 137 Å². The molecule has 3 rings (SSSR count). The van der Waals surface area contributed by atoms with E-state index in [-0.39, 0.29) is 29.7 Å². The lowest BCUT2D eigenvalue weighted by Crippen LogP contribution is -2.61. The van der Waals surface area contributed by atoms with E-state index in [0.717, 1.165) is 25.9 Å². The number of carbonyl (C=O) groups is 2. The topological polar surface area (TPSA) is 70.1 Å². The van der Waals surface area contributed by atoms with Crippen LogP contribution < -0.4 is 0 Å². The molecule has 1 N–H and O–H groups in total. The maximum Gasteiger partial charge on any atom is 0.235 e. The van der Waals surface area contributed by atoms with Crippen LogP contribution in [0.4, 0.5) is 0 Å². The lowest BCUT2D eigenvalue weighted by atomic mass is 9.62. The van der Waals surface area contributed by atoms with Gasteiger partial charge in [-0.25, -0.2) is 0 Å². The van der Waals surface area contributed by atoms with Crippen LogP contribution in [-0.4, -0.2) is 72.2 Å². The zero-order chi connectivity index (χ0) is 16.8. The molecular formula is C17H28N2O4. The number of hydrogen-bond acceptors (Lipinski definition) is 5. The number of rotatable bonds is 4. The molecule has 3 fully saturated rings. The number of fused-ring (bicyclic) bond motifs is 2. The normalized spacial score (nSPS) is 35.7. The van der Waals surface area contributed by atoms with E-state index in [1.54, 1.807) is 0 Å². The third-order valence-corrected chi connectivity index (χ3v) is 6.47. The van der Waals surface area contributed by atoms with Crippen molar-refractivity contribution in [1.82, 2.24) is 9.80 Å². The molecule has 1 aliphatic carbocycles. The summed E-state index contributed by atoms with van der Waals surface area (Å²) in [6.45, 7) is 9.53.